The van der Waals surface area contributed by atoms with E-state index in [0.29, 0.717) is 12.0 Å². The fraction of sp³-hybridized carbons (Fsp3) is 0.944. The molecule has 3 N–H and O–H groups in total. The van der Waals surface area contributed by atoms with Crippen LogP contribution >= 0.6 is 0 Å². The van der Waals surface area contributed by atoms with E-state index in [9.17, 15) is 5.11 Å². The van der Waals surface area contributed by atoms with Gasteiger partial charge in [0.15, 0.2) is 5.96 Å². The molecule has 2 saturated heterocycles. The van der Waals surface area contributed by atoms with Gasteiger partial charge in [0, 0.05) is 51.4 Å². The molecule has 140 valence electrons. The van der Waals surface area contributed by atoms with Gasteiger partial charge in [-0.05, 0) is 52.0 Å². The summed E-state index contributed by atoms with van der Waals surface area (Å²) < 4.78 is 5.55. The summed E-state index contributed by atoms with van der Waals surface area (Å²) >= 11 is 0. The van der Waals surface area contributed by atoms with Gasteiger partial charge >= 0.3 is 0 Å². The van der Waals surface area contributed by atoms with E-state index in [1.54, 1.807) is 0 Å². The Kier molecular flexibility index (Phi) is 7.78. The van der Waals surface area contributed by atoms with Crippen LogP contribution in [0.15, 0.2) is 4.99 Å². The summed E-state index contributed by atoms with van der Waals surface area (Å²) in [6, 6.07) is 0.631. The third-order valence-corrected chi connectivity index (χ3v) is 5.52. The molecule has 6 nitrogen and oxygen atoms in total. The molecule has 0 aromatic carbocycles. The smallest absolute Gasteiger partial charge is 0.191 e. The normalized spacial score (nSPS) is 29.2. The lowest BCUT2D eigenvalue weighted by molar-refractivity contribution is 0.127. The first-order chi connectivity index (χ1) is 11.6. The van der Waals surface area contributed by atoms with E-state index in [-0.39, 0.29) is 12.0 Å². The van der Waals surface area contributed by atoms with Gasteiger partial charge in [0.05, 0.1) is 6.61 Å². The summed E-state index contributed by atoms with van der Waals surface area (Å²) in [7, 11) is 1.82. The number of nitrogens with one attached hydrogen (secondary N) is 2. The van der Waals surface area contributed by atoms with E-state index in [4.69, 9.17) is 4.74 Å². The van der Waals surface area contributed by atoms with Crippen molar-refractivity contribution in [2.75, 3.05) is 53.0 Å². The molecular weight excluding hydrogens is 304 g/mol. The Morgan fingerprint density at radius 3 is 2.88 bits per heavy atom. The van der Waals surface area contributed by atoms with Crippen molar-refractivity contribution in [3.8, 4) is 0 Å². The van der Waals surface area contributed by atoms with Crippen LogP contribution < -0.4 is 10.6 Å². The average Bonchev–Trinajstić information content (AvgIpc) is 3.04. The summed E-state index contributed by atoms with van der Waals surface area (Å²) in [5.74, 6) is 1.54. The molecule has 0 bridgehead atoms. The molecule has 0 aliphatic carbocycles. The molecule has 0 spiro atoms. The highest BCUT2D eigenvalue weighted by Gasteiger charge is 2.34. The monoisotopic (exact) mass is 340 g/mol. The minimum absolute atomic E-state index is 0.0473. The summed E-state index contributed by atoms with van der Waals surface area (Å²) in [6.07, 6.45) is 4.36. The Bertz CT molecular complexity index is 394. The van der Waals surface area contributed by atoms with Gasteiger partial charge in [-0.2, -0.15) is 0 Å². The van der Waals surface area contributed by atoms with Crippen molar-refractivity contribution in [2.24, 2.45) is 16.3 Å². The van der Waals surface area contributed by atoms with Gasteiger partial charge in [-0.15, -0.1) is 0 Å². The number of aliphatic hydroxyl groups is 1. The number of aliphatic imine (C=N–C) groups is 1. The Hall–Kier alpha value is -0.850. The standard InChI is InChI=1S/C18H36N4O2/c1-15(2)22-8-4-5-16(12-22)11-20-17(19-3)21-13-18(6-9-23)7-10-24-14-18/h15-16,23H,4-14H2,1-3H3,(H2,19,20,21). The largest absolute Gasteiger partial charge is 0.396 e. The van der Waals surface area contributed by atoms with E-state index < -0.39 is 0 Å². The average molecular weight is 341 g/mol. The maximum Gasteiger partial charge on any atom is 0.191 e. The second-order valence-electron chi connectivity index (χ2n) is 7.68. The van der Waals surface area contributed by atoms with Crippen LogP contribution in [0.25, 0.3) is 0 Å². The Morgan fingerprint density at radius 1 is 1.42 bits per heavy atom. The lowest BCUT2D eigenvalue weighted by Crippen LogP contribution is -2.48. The van der Waals surface area contributed by atoms with Gasteiger partial charge in [-0.25, -0.2) is 0 Å². The van der Waals surface area contributed by atoms with Crippen LogP contribution in [0, 0.1) is 11.3 Å². The van der Waals surface area contributed by atoms with E-state index in [2.05, 4.69) is 34.4 Å². The van der Waals surface area contributed by atoms with E-state index in [0.717, 1.165) is 45.1 Å². The first-order valence-electron chi connectivity index (χ1n) is 9.46. The van der Waals surface area contributed by atoms with E-state index in [1.807, 2.05) is 7.05 Å². The maximum absolute atomic E-state index is 9.32. The van der Waals surface area contributed by atoms with Crippen molar-refractivity contribution in [2.45, 2.75) is 45.6 Å². The minimum Gasteiger partial charge on any atom is -0.396 e. The number of ether oxygens (including phenoxy) is 1. The second-order valence-corrected chi connectivity index (χ2v) is 7.68. The Balaban J connectivity index is 1.76. The molecule has 24 heavy (non-hydrogen) atoms. The molecule has 2 rings (SSSR count). The van der Waals surface area contributed by atoms with Gasteiger partial charge < -0.3 is 25.4 Å². The van der Waals surface area contributed by atoms with Crippen LogP contribution in [0.1, 0.15) is 39.5 Å². The van der Waals surface area contributed by atoms with Crippen LogP contribution in [-0.2, 0) is 4.74 Å². The number of rotatable bonds is 7. The zero-order valence-corrected chi connectivity index (χ0v) is 15.7. The topological polar surface area (TPSA) is 69.1 Å². The van der Waals surface area contributed by atoms with Gasteiger partial charge in [0.2, 0.25) is 0 Å². The molecule has 2 aliphatic rings. The van der Waals surface area contributed by atoms with Gasteiger partial charge in [0.1, 0.15) is 0 Å². The molecule has 2 unspecified atom stereocenters. The third kappa shape index (κ3) is 5.60. The van der Waals surface area contributed by atoms with Crippen LogP contribution in [0.2, 0.25) is 0 Å². The molecule has 2 atom stereocenters. The molecule has 0 saturated carbocycles. The van der Waals surface area contributed by atoms with E-state index in [1.165, 1.54) is 25.9 Å². The lowest BCUT2D eigenvalue weighted by Gasteiger charge is -2.35. The summed E-state index contributed by atoms with van der Waals surface area (Å²) in [6.45, 7) is 10.5. The molecule has 6 heteroatoms. The zero-order valence-electron chi connectivity index (χ0n) is 15.7. The SMILES string of the molecule is CN=C(NCC1CCCN(C(C)C)C1)NCC1(CCO)CCOC1. The highest BCUT2D eigenvalue weighted by molar-refractivity contribution is 5.79. The van der Waals surface area contributed by atoms with Gasteiger partial charge in [0.25, 0.3) is 0 Å². The van der Waals surface area contributed by atoms with Crippen LogP contribution in [0.3, 0.4) is 0 Å². The number of likely N-dealkylation sites (tertiary alicyclic amines) is 1. The molecule has 2 aliphatic heterocycles. The molecule has 0 aromatic heterocycles. The van der Waals surface area contributed by atoms with Crippen molar-refractivity contribution < 1.29 is 9.84 Å². The van der Waals surface area contributed by atoms with Crippen LogP contribution in [0.4, 0.5) is 0 Å². The van der Waals surface area contributed by atoms with Crippen molar-refractivity contribution in [3.63, 3.8) is 0 Å². The predicted molar refractivity (Wildman–Crippen MR) is 98.4 cm³/mol. The zero-order chi connectivity index (χ0) is 17.4. The summed E-state index contributed by atoms with van der Waals surface area (Å²) in [5.41, 5.74) is 0.0473. The highest BCUT2D eigenvalue weighted by atomic mass is 16.5. The molecule has 2 heterocycles. The fourth-order valence-electron chi connectivity index (χ4n) is 3.78. The molecular formula is C18H36N4O2. The first kappa shape index (κ1) is 19.5. The number of piperidine rings is 1. The van der Waals surface area contributed by atoms with Crippen LogP contribution in [0.5, 0.6) is 0 Å². The number of hydrogen-bond acceptors (Lipinski definition) is 4. The number of aliphatic hydroxyl groups excluding tert-OH is 1. The van der Waals surface area contributed by atoms with Gasteiger partial charge in [-0.1, -0.05) is 0 Å². The lowest BCUT2D eigenvalue weighted by atomic mass is 9.84. The van der Waals surface area contributed by atoms with E-state index >= 15 is 0 Å². The summed E-state index contributed by atoms with van der Waals surface area (Å²) in [5, 5.41) is 16.3. The van der Waals surface area contributed by atoms with Crippen molar-refractivity contribution >= 4 is 5.96 Å². The van der Waals surface area contributed by atoms with Crippen molar-refractivity contribution in [1.29, 1.82) is 0 Å². The van der Waals surface area contributed by atoms with Crippen molar-refractivity contribution in [1.82, 2.24) is 15.5 Å². The second kappa shape index (κ2) is 9.59. The summed E-state index contributed by atoms with van der Waals surface area (Å²) in [4.78, 5) is 6.92. The number of guanidine groups is 1. The Labute approximate surface area is 147 Å². The number of nitrogens with zero attached hydrogens (tertiary/aromatic N) is 2. The van der Waals surface area contributed by atoms with Gasteiger partial charge in [-0.3, -0.25) is 4.99 Å². The minimum atomic E-state index is 0.0473. The maximum atomic E-state index is 9.32. The predicted octanol–water partition coefficient (Wildman–Crippen LogP) is 1.06. The molecule has 0 aromatic rings. The third-order valence-electron chi connectivity index (χ3n) is 5.52. The molecule has 0 radical (unpaired) electrons. The van der Waals surface area contributed by atoms with Crippen molar-refractivity contribution in [3.05, 3.63) is 0 Å². The fourth-order valence-corrected chi connectivity index (χ4v) is 3.78. The molecule has 0 amide bonds. The number of hydrogen-bond donors (Lipinski definition) is 3. The first-order valence-corrected chi connectivity index (χ1v) is 9.46. The molecule has 2 fully saturated rings. The Morgan fingerprint density at radius 2 is 2.25 bits per heavy atom. The van der Waals surface area contributed by atoms with Crippen LogP contribution in [-0.4, -0.2) is 75.1 Å². The highest BCUT2D eigenvalue weighted by Crippen LogP contribution is 2.31. The quantitative estimate of drug-likeness (QED) is 0.478.